The number of benzene rings is 1. The molecule has 1 aromatic carbocycles. The van der Waals surface area contributed by atoms with Crippen LogP contribution in [0.3, 0.4) is 0 Å². The Bertz CT molecular complexity index is 489. The van der Waals surface area contributed by atoms with Gasteiger partial charge in [0.2, 0.25) is 0 Å². The Balaban J connectivity index is 2.81. The van der Waals surface area contributed by atoms with Gasteiger partial charge < -0.3 is 0 Å². The quantitative estimate of drug-likeness (QED) is 0.728. The van der Waals surface area contributed by atoms with Gasteiger partial charge in [0.15, 0.2) is 0 Å². The van der Waals surface area contributed by atoms with Crippen LogP contribution in [0.15, 0.2) is 18.2 Å². The molecule has 66 valence electrons. The van der Waals surface area contributed by atoms with Crippen molar-refractivity contribution < 1.29 is 0 Å². The number of halogens is 1. The number of fused-ring (bicyclic) bond motifs is 1. The molecule has 1 aromatic heterocycles. The topological polar surface area (TPSA) is 25.8 Å². The Morgan fingerprint density at radius 2 is 2.14 bits per heavy atom. The van der Waals surface area contributed by atoms with Gasteiger partial charge in [0.25, 0.3) is 0 Å². The fourth-order valence-corrected chi connectivity index (χ4v) is 4.40. The Labute approximate surface area is 108 Å². The molecule has 0 N–H and O–H groups in total. The van der Waals surface area contributed by atoms with Crippen LogP contribution in [-0.4, -0.2) is 45.9 Å². The summed E-state index contributed by atoms with van der Waals surface area (Å²) in [5.41, 5.74) is 1.01. The van der Waals surface area contributed by atoms with E-state index in [0.29, 0.717) is 10.5 Å². The van der Waals surface area contributed by atoms with E-state index in [9.17, 15) is 0 Å². The maximum atomic E-state index is 5.95. The number of nitrogens with zero attached hydrogens (tertiary/aromatic N) is 2. The number of hydrogen-bond acceptors (Lipinski definition) is 2. The van der Waals surface area contributed by atoms with Crippen LogP contribution in [0.2, 0.25) is 5.02 Å². The van der Waals surface area contributed by atoms with E-state index in [4.69, 9.17) is 11.6 Å². The second-order valence-electron chi connectivity index (χ2n) is 2.94. The van der Waals surface area contributed by atoms with Gasteiger partial charge in [-0.15, -0.1) is 0 Å². The van der Waals surface area contributed by atoms with Crippen LogP contribution in [0.1, 0.15) is 5.82 Å². The first-order valence-electron chi connectivity index (χ1n) is 4.18. The predicted molar refractivity (Wildman–Crippen MR) is 60.4 cm³/mol. The van der Waals surface area contributed by atoms with Crippen LogP contribution in [0.25, 0.3) is 10.9 Å². The number of aromatic nitrogens is 2. The molecule has 2 aromatic rings. The summed E-state index contributed by atoms with van der Waals surface area (Å²) in [7, 11) is 0.511. The van der Waals surface area contributed by atoms with Crippen molar-refractivity contribution in [2.45, 2.75) is 6.92 Å². The van der Waals surface area contributed by atoms with Crippen molar-refractivity contribution >= 4 is 63.0 Å². The summed E-state index contributed by atoms with van der Waals surface area (Å²) >= 11 is 7.12. The molecule has 0 amide bonds. The van der Waals surface area contributed by atoms with E-state index in [1.165, 1.54) is 30.0 Å². The monoisotopic (exact) mass is 280 g/mol. The summed E-state index contributed by atoms with van der Waals surface area (Å²) in [6.45, 7) is 1.94. The third kappa shape index (κ3) is 2.13. The van der Waals surface area contributed by atoms with Gasteiger partial charge in [0.1, 0.15) is 0 Å². The molecule has 0 unspecified atom stereocenters. The molecular formula is C9H6ClN2NaSe. The fourth-order valence-electron chi connectivity index (χ4n) is 1.34. The van der Waals surface area contributed by atoms with E-state index in [0.717, 1.165) is 21.7 Å². The van der Waals surface area contributed by atoms with Gasteiger partial charge in [-0.3, -0.25) is 0 Å². The van der Waals surface area contributed by atoms with Gasteiger partial charge >= 0.3 is 109 Å². The van der Waals surface area contributed by atoms with E-state index < -0.39 is 0 Å². The predicted octanol–water partition coefficient (Wildman–Crippen LogP) is 1.00. The van der Waals surface area contributed by atoms with Crippen molar-refractivity contribution in [2.24, 2.45) is 0 Å². The molecule has 1 heterocycles. The van der Waals surface area contributed by atoms with E-state index in [1.54, 1.807) is 0 Å². The number of aryl methyl sites for hydroxylation is 1. The zero-order valence-corrected chi connectivity index (χ0v) is 12.4. The van der Waals surface area contributed by atoms with Crippen molar-refractivity contribution in [1.29, 1.82) is 0 Å². The van der Waals surface area contributed by atoms with Gasteiger partial charge in [0.05, 0.1) is 0 Å². The zero-order valence-electron chi connectivity index (χ0n) is 7.91. The maximum absolute atomic E-state index is 5.95. The van der Waals surface area contributed by atoms with E-state index in [2.05, 4.69) is 9.97 Å². The summed E-state index contributed by atoms with van der Waals surface area (Å²) in [6.07, 6.45) is 0. The second kappa shape index (κ2) is 4.48. The Morgan fingerprint density at radius 3 is 2.86 bits per heavy atom. The summed E-state index contributed by atoms with van der Waals surface area (Å²) < 4.78 is 1.19. The van der Waals surface area contributed by atoms with Gasteiger partial charge in [-0.05, 0) is 0 Å². The van der Waals surface area contributed by atoms with E-state index in [-0.39, 0.29) is 0 Å². The zero-order chi connectivity index (χ0) is 10.1. The van der Waals surface area contributed by atoms with Gasteiger partial charge in [-0.2, -0.15) is 0 Å². The Kier molecular flexibility index (Phi) is 3.48. The fraction of sp³-hybridized carbons (Fsp3) is 0.111. The molecule has 0 saturated carbocycles. The summed E-state index contributed by atoms with van der Waals surface area (Å²) in [5, 5.41) is 1.88. The van der Waals surface area contributed by atoms with Crippen LogP contribution in [0.4, 0.5) is 0 Å². The Morgan fingerprint density at radius 1 is 1.36 bits per heavy atom. The first-order valence-corrected chi connectivity index (χ1v) is 11.4. The van der Waals surface area contributed by atoms with Crippen LogP contribution in [0.5, 0.6) is 0 Å². The molecule has 0 radical (unpaired) electrons. The number of hydrogen-bond donors (Lipinski definition) is 0. The molecule has 0 spiro atoms. The van der Waals surface area contributed by atoms with E-state index >= 15 is 0 Å². The normalized spacial score (nSPS) is 10.9. The van der Waals surface area contributed by atoms with E-state index in [1.807, 2.05) is 25.1 Å². The molecule has 2 nitrogen and oxygen atoms in total. The molecule has 0 bridgehead atoms. The van der Waals surface area contributed by atoms with Crippen molar-refractivity contribution in [3.05, 3.63) is 29.0 Å². The summed E-state index contributed by atoms with van der Waals surface area (Å²) in [4.78, 5) is 8.83. The molecule has 0 aliphatic rings. The molecule has 0 atom stereocenters. The third-order valence-corrected chi connectivity index (χ3v) is 5.64. The molecule has 0 aliphatic heterocycles. The summed E-state index contributed by atoms with van der Waals surface area (Å²) in [5.74, 6) is 0.854. The van der Waals surface area contributed by atoms with Crippen molar-refractivity contribution in [3.8, 4) is 0 Å². The second-order valence-corrected chi connectivity index (χ2v) is 7.17. The van der Waals surface area contributed by atoms with Crippen LogP contribution in [-0.2, 0) is 0 Å². The molecule has 5 heteroatoms. The van der Waals surface area contributed by atoms with Crippen molar-refractivity contribution in [1.82, 2.24) is 9.97 Å². The van der Waals surface area contributed by atoms with Gasteiger partial charge in [-0.25, -0.2) is 0 Å². The van der Waals surface area contributed by atoms with Crippen molar-refractivity contribution in [2.75, 3.05) is 0 Å². The summed E-state index contributed by atoms with van der Waals surface area (Å²) in [6, 6.07) is 5.80. The third-order valence-electron chi connectivity index (χ3n) is 1.93. The minimum absolute atomic E-state index is 0.511. The van der Waals surface area contributed by atoms with Crippen LogP contribution in [0, 0.1) is 6.92 Å². The first-order chi connectivity index (χ1) is 6.70. The average molecular weight is 280 g/mol. The minimum atomic E-state index is 0.511. The molecule has 14 heavy (non-hydrogen) atoms. The van der Waals surface area contributed by atoms with Crippen molar-refractivity contribution in [3.63, 3.8) is 0 Å². The average Bonchev–Trinajstić information content (AvgIpc) is 2.17. The molecule has 0 fully saturated rings. The standard InChI is InChI=1S/C9H7ClN2Se.Na/c1-5-11-8-3-2-6(10)4-7(8)9(13)12-5;/h2-4H,1H3,(H,11,12,13);/q;+1/p-1. The molecule has 0 saturated heterocycles. The first kappa shape index (κ1) is 10.9. The van der Waals surface area contributed by atoms with Gasteiger partial charge in [0, 0.05) is 0 Å². The molecule has 2 rings (SSSR count). The van der Waals surface area contributed by atoms with Gasteiger partial charge in [-0.1, -0.05) is 0 Å². The number of rotatable bonds is 1. The molecular weight excluding hydrogens is 274 g/mol. The SMILES string of the molecule is Cc1nc([Se][Na])c2cc(Cl)ccc2n1. The van der Waals surface area contributed by atoms with Crippen LogP contribution >= 0.6 is 11.6 Å². The molecule has 0 aliphatic carbocycles. The Hall–Kier alpha value is 0.369. The van der Waals surface area contributed by atoms with Crippen LogP contribution < -0.4 is 4.59 Å².